The molecule has 2 aliphatic heterocycles. The quantitative estimate of drug-likeness (QED) is 0.0886. The number of aliphatic hydroxyl groups is 9. The van der Waals surface area contributed by atoms with Gasteiger partial charge in [0.2, 0.25) is 0 Å². The van der Waals surface area contributed by atoms with Crippen molar-refractivity contribution in [3.05, 3.63) is 0 Å². The van der Waals surface area contributed by atoms with Crippen molar-refractivity contribution in [3.63, 3.8) is 0 Å². The minimum atomic E-state index is -1.38. The van der Waals surface area contributed by atoms with Gasteiger partial charge in [-0.2, -0.15) is 0 Å². The summed E-state index contributed by atoms with van der Waals surface area (Å²) in [6.45, 7) is -2.97. The van der Waals surface area contributed by atoms with Gasteiger partial charge in [0.25, 0.3) is 0 Å². The summed E-state index contributed by atoms with van der Waals surface area (Å²) in [6.07, 6.45) is -10.3. The zero-order chi connectivity index (χ0) is 28.6. The molecule has 0 saturated carbocycles. The number of hydrogen-bond acceptors (Lipinski definition) is 16. The molecule has 0 amide bonds. The Morgan fingerprint density at radius 2 is 1.24 bits per heavy atom. The lowest BCUT2D eigenvalue weighted by Crippen LogP contribution is -2.63. The SMILES string of the molecule is NC(CO)C(O)C(COCC1OC(CO)C(COCC2OC(CO)C(O)C(O)C2N)C(O)C1N)C(O)CO. The van der Waals surface area contributed by atoms with E-state index in [1.165, 1.54) is 0 Å². The van der Waals surface area contributed by atoms with Crippen molar-refractivity contribution in [2.45, 2.75) is 73.1 Å². The third-order valence-electron chi connectivity index (χ3n) is 7.31. The second kappa shape index (κ2) is 16.0. The Morgan fingerprint density at radius 3 is 1.79 bits per heavy atom. The van der Waals surface area contributed by atoms with Gasteiger partial charge in [-0.05, 0) is 0 Å². The fraction of sp³-hybridized carbons (Fsp3) is 1.00. The topological polar surface area (TPSA) is 297 Å². The molecule has 0 bridgehead atoms. The molecule has 0 spiro atoms. The average Bonchev–Trinajstić information content (AvgIpc) is 2.92. The molecule has 2 aliphatic rings. The Labute approximate surface area is 220 Å². The van der Waals surface area contributed by atoms with E-state index < -0.39 is 111 Å². The van der Waals surface area contributed by atoms with Gasteiger partial charge in [0.15, 0.2) is 0 Å². The first-order chi connectivity index (χ1) is 18.0. The van der Waals surface area contributed by atoms with E-state index in [0.29, 0.717) is 0 Å². The van der Waals surface area contributed by atoms with E-state index >= 15 is 0 Å². The predicted octanol–water partition coefficient (Wildman–Crippen LogP) is -7.46. The van der Waals surface area contributed by atoms with Crippen molar-refractivity contribution < 1.29 is 64.9 Å². The Bertz CT molecular complexity index is 666. The molecule has 14 atom stereocenters. The van der Waals surface area contributed by atoms with E-state index in [1.807, 2.05) is 0 Å². The van der Waals surface area contributed by atoms with Crippen LogP contribution in [0.25, 0.3) is 0 Å². The van der Waals surface area contributed by atoms with Crippen LogP contribution >= 0.6 is 0 Å². The smallest absolute Gasteiger partial charge is 0.110 e. The molecule has 16 nitrogen and oxygen atoms in total. The Hall–Kier alpha value is -0.640. The molecule has 14 unspecified atom stereocenters. The summed E-state index contributed by atoms with van der Waals surface area (Å²) < 4.78 is 22.5. The van der Waals surface area contributed by atoms with Crippen LogP contribution in [0.15, 0.2) is 0 Å². The van der Waals surface area contributed by atoms with Gasteiger partial charge >= 0.3 is 0 Å². The third-order valence-corrected chi connectivity index (χ3v) is 7.31. The molecular formula is C22H45N3O13. The number of ether oxygens (including phenoxy) is 4. The van der Waals surface area contributed by atoms with Crippen LogP contribution in [0.2, 0.25) is 0 Å². The maximum atomic E-state index is 10.8. The largest absolute Gasteiger partial charge is 0.395 e. The summed E-state index contributed by atoms with van der Waals surface area (Å²) in [7, 11) is 0. The molecule has 2 heterocycles. The van der Waals surface area contributed by atoms with Crippen molar-refractivity contribution in [3.8, 4) is 0 Å². The van der Waals surface area contributed by atoms with Gasteiger partial charge in [0, 0.05) is 11.8 Å². The fourth-order valence-electron chi connectivity index (χ4n) is 4.68. The Kier molecular flexibility index (Phi) is 14.1. The fourth-order valence-corrected chi connectivity index (χ4v) is 4.68. The normalized spacial score (nSPS) is 39.5. The van der Waals surface area contributed by atoms with Gasteiger partial charge < -0.3 is 82.1 Å². The number of aliphatic hydroxyl groups excluding tert-OH is 9. The zero-order valence-corrected chi connectivity index (χ0v) is 21.1. The van der Waals surface area contributed by atoms with Crippen LogP contribution < -0.4 is 17.2 Å². The van der Waals surface area contributed by atoms with Crippen LogP contribution in [-0.4, -0.2) is 172 Å². The summed E-state index contributed by atoms with van der Waals surface area (Å²) in [4.78, 5) is 0. The van der Waals surface area contributed by atoms with Gasteiger partial charge in [-0.3, -0.25) is 0 Å². The molecule has 15 N–H and O–H groups in total. The lowest BCUT2D eigenvalue weighted by atomic mass is 9.86. The molecule has 2 fully saturated rings. The monoisotopic (exact) mass is 559 g/mol. The van der Waals surface area contributed by atoms with Crippen molar-refractivity contribution in [2.24, 2.45) is 29.0 Å². The highest BCUT2D eigenvalue weighted by Crippen LogP contribution is 2.27. The maximum Gasteiger partial charge on any atom is 0.110 e. The summed E-state index contributed by atoms with van der Waals surface area (Å²) in [6, 6.07) is -3.03. The lowest BCUT2D eigenvalue weighted by Gasteiger charge is -2.44. The van der Waals surface area contributed by atoms with Crippen LogP contribution in [-0.2, 0) is 18.9 Å². The molecule has 2 saturated heterocycles. The minimum Gasteiger partial charge on any atom is -0.395 e. The first-order valence-corrected chi connectivity index (χ1v) is 12.6. The van der Waals surface area contributed by atoms with Gasteiger partial charge in [0.1, 0.15) is 18.3 Å². The van der Waals surface area contributed by atoms with E-state index in [0.717, 1.165) is 0 Å². The number of nitrogens with two attached hydrogens (primary N) is 3. The van der Waals surface area contributed by atoms with Crippen LogP contribution in [0, 0.1) is 11.8 Å². The van der Waals surface area contributed by atoms with Crippen LogP contribution in [0.3, 0.4) is 0 Å². The second-order valence-electron chi connectivity index (χ2n) is 9.91. The lowest BCUT2D eigenvalue weighted by molar-refractivity contribution is -0.212. The molecule has 226 valence electrons. The third kappa shape index (κ3) is 8.20. The van der Waals surface area contributed by atoms with Crippen LogP contribution in [0.4, 0.5) is 0 Å². The first kappa shape index (κ1) is 33.6. The molecule has 38 heavy (non-hydrogen) atoms. The number of hydrogen-bond donors (Lipinski definition) is 12. The molecule has 0 radical (unpaired) electrons. The first-order valence-electron chi connectivity index (χ1n) is 12.6. The molecule has 0 aliphatic carbocycles. The standard InChI is InChI=1S/C22H45N3O13/c23-11(1-26)19(31)9(12(30)2-27)5-35-7-15-17(24)20(32)10(13(3-28)37-15)6-36-8-16-18(25)22(34)21(33)14(4-29)38-16/h9-22,26-34H,1-8,23-25H2. The van der Waals surface area contributed by atoms with Gasteiger partial charge in [-0.25, -0.2) is 0 Å². The van der Waals surface area contributed by atoms with Gasteiger partial charge in [0.05, 0.1) is 108 Å². The van der Waals surface area contributed by atoms with E-state index in [4.69, 9.17) is 41.3 Å². The van der Waals surface area contributed by atoms with E-state index in [-0.39, 0.29) is 26.4 Å². The number of rotatable bonds is 15. The van der Waals surface area contributed by atoms with Crippen LogP contribution in [0.1, 0.15) is 0 Å². The summed E-state index contributed by atoms with van der Waals surface area (Å²) in [5, 5.41) is 88.6. The summed E-state index contributed by atoms with van der Waals surface area (Å²) in [5.74, 6) is -1.79. The molecular weight excluding hydrogens is 514 g/mol. The van der Waals surface area contributed by atoms with Crippen molar-refractivity contribution in [1.29, 1.82) is 0 Å². The highest BCUT2D eigenvalue weighted by Gasteiger charge is 2.45. The van der Waals surface area contributed by atoms with Crippen molar-refractivity contribution >= 4 is 0 Å². The van der Waals surface area contributed by atoms with Crippen molar-refractivity contribution in [1.82, 2.24) is 0 Å². The Morgan fingerprint density at radius 1 is 0.684 bits per heavy atom. The van der Waals surface area contributed by atoms with E-state index in [9.17, 15) is 40.9 Å². The summed E-state index contributed by atoms with van der Waals surface area (Å²) >= 11 is 0. The van der Waals surface area contributed by atoms with E-state index in [2.05, 4.69) is 0 Å². The average molecular weight is 560 g/mol. The van der Waals surface area contributed by atoms with Crippen molar-refractivity contribution in [2.75, 3.05) is 52.9 Å². The molecule has 2 rings (SSSR count). The van der Waals surface area contributed by atoms with Gasteiger partial charge in [-0.1, -0.05) is 0 Å². The molecule has 16 heteroatoms. The zero-order valence-electron chi connectivity index (χ0n) is 21.1. The predicted molar refractivity (Wildman–Crippen MR) is 128 cm³/mol. The van der Waals surface area contributed by atoms with E-state index in [1.54, 1.807) is 0 Å². The highest BCUT2D eigenvalue weighted by molar-refractivity contribution is 4.96. The van der Waals surface area contributed by atoms with Gasteiger partial charge in [-0.15, -0.1) is 0 Å². The summed E-state index contributed by atoms with van der Waals surface area (Å²) in [5.41, 5.74) is 17.7. The minimum absolute atomic E-state index is 0.126. The van der Waals surface area contributed by atoms with Crippen LogP contribution in [0.5, 0.6) is 0 Å². The molecule has 0 aromatic rings. The molecule has 0 aromatic heterocycles. The highest BCUT2D eigenvalue weighted by atomic mass is 16.6. The molecule has 0 aromatic carbocycles. The second-order valence-corrected chi connectivity index (χ2v) is 9.91. The Balaban J connectivity index is 1.91. The maximum absolute atomic E-state index is 10.8.